The predicted molar refractivity (Wildman–Crippen MR) is 62.3 cm³/mol. The van der Waals surface area contributed by atoms with Crippen molar-refractivity contribution < 1.29 is 9.90 Å². The van der Waals surface area contributed by atoms with Gasteiger partial charge < -0.3 is 15.3 Å². The van der Waals surface area contributed by atoms with E-state index in [0.29, 0.717) is 0 Å². The van der Waals surface area contributed by atoms with Crippen molar-refractivity contribution in [3.63, 3.8) is 0 Å². The summed E-state index contributed by atoms with van der Waals surface area (Å²) in [6.45, 7) is 0. The lowest BCUT2D eigenvalue weighted by atomic mass is 10.3. The van der Waals surface area contributed by atoms with Gasteiger partial charge in [-0.3, -0.25) is 4.79 Å². The van der Waals surface area contributed by atoms with E-state index in [4.69, 9.17) is 5.11 Å². The van der Waals surface area contributed by atoms with Crippen LogP contribution in [-0.4, -0.2) is 29.4 Å². The van der Waals surface area contributed by atoms with Crippen LogP contribution in [-0.2, 0) is 4.79 Å². The van der Waals surface area contributed by atoms with Gasteiger partial charge >= 0.3 is 5.97 Å². The third-order valence-electron chi connectivity index (χ3n) is 2.28. The average Bonchev–Trinajstić information content (AvgIpc) is 2.54. The SMILES string of the molecule is CN1c2ccccc2NC1SCC(=O)O. The number of fused-ring (bicyclic) bond motifs is 1. The topological polar surface area (TPSA) is 52.6 Å². The van der Waals surface area contributed by atoms with E-state index in [9.17, 15) is 4.79 Å². The maximum Gasteiger partial charge on any atom is 0.313 e. The van der Waals surface area contributed by atoms with Crippen LogP contribution in [0, 0.1) is 0 Å². The molecule has 1 unspecified atom stereocenters. The molecule has 0 spiro atoms. The number of para-hydroxylation sites is 2. The fourth-order valence-corrected chi connectivity index (χ4v) is 2.41. The summed E-state index contributed by atoms with van der Waals surface area (Å²) in [5.74, 6) is -0.679. The number of nitrogens with one attached hydrogen (secondary N) is 1. The fourth-order valence-electron chi connectivity index (χ4n) is 1.56. The number of anilines is 2. The smallest absolute Gasteiger partial charge is 0.313 e. The highest BCUT2D eigenvalue weighted by atomic mass is 32.2. The summed E-state index contributed by atoms with van der Waals surface area (Å²) in [5, 5.41) is 11.9. The number of carboxylic acids is 1. The van der Waals surface area contributed by atoms with Crippen LogP contribution in [0.15, 0.2) is 24.3 Å². The van der Waals surface area contributed by atoms with Crippen LogP contribution in [0.2, 0.25) is 0 Å². The number of carboxylic acid groups (broad SMARTS) is 1. The zero-order chi connectivity index (χ0) is 10.8. The number of nitrogens with zero attached hydrogens (tertiary/aromatic N) is 1. The van der Waals surface area contributed by atoms with Gasteiger partial charge in [-0.25, -0.2) is 0 Å². The van der Waals surface area contributed by atoms with Crippen LogP contribution in [0.5, 0.6) is 0 Å². The molecule has 5 heteroatoms. The Morgan fingerprint density at radius 1 is 1.60 bits per heavy atom. The predicted octanol–water partition coefficient (Wildman–Crippen LogP) is 1.65. The Hall–Kier alpha value is -1.36. The van der Waals surface area contributed by atoms with E-state index in [0.717, 1.165) is 11.4 Å². The summed E-state index contributed by atoms with van der Waals surface area (Å²) in [4.78, 5) is 12.5. The number of rotatable bonds is 3. The minimum atomic E-state index is -0.786. The van der Waals surface area contributed by atoms with Gasteiger partial charge in [0.05, 0.1) is 17.1 Å². The average molecular weight is 224 g/mol. The Morgan fingerprint density at radius 3 is 3.00 bits per heavy atom. The molecule has 1 atom stereocenters. The molecule has 2 N–H and O–H groups in total. The first-order valence-electron chi connectivity index (χ1n) is 4.60. The third kappa shape index (κ3) is 2.02. The molecule has 2 rings (SSSR count). The lowest BCUT2D eigenvalue weighted by molar-refractivity contribution is -0.133. The Kier molecular flexibility index (Phi) is 2.73. The molecule has 0 fully saturated rings. The lowest BCUT2D eigenvalue weighted by Crippen LogP contribution is -2.29. The first-order valence-corrected chi connectivity index (χ1v) is 5.65. The summed E-state index contributed by atoms with van der Waals surface area (Å²) in [6.07, 6.45) is 0. The summed E-state index contributed by atoms with van der Waals surface area (Å²) in [6, 6.07) is 7.95. The highest BCUT2D eigenvalue weighted by Crippen LogP contribution is 2.36. The van der Waals surface area contributed by atoms with Crippen molar-refractivity contribution in [2.24, 2.45) is 0 Å². The normalized spacial score (nSPS) is 18.5. The number of hydrogen-bond donors (Lipinski definition) is 2. The molecule has 0 radical (unpaired) electrons. The minimum absolute atomic E-state index is 0.0125. The van der Waals surface area contributed by atoms with Crippen LogP contribution < -0.4 is 10.2 Å². The largest absolute Gasteiger partial charge is 0.481 e. The Labute approximate surface area is 92.3 Å². The van der Waals surface area contributed by atoms with Gasteiger partial charge in [-0.2, -0.15) is 0 Å². The van der Waals surface area contributed by atoms with Gasteiger partial charge in [-0.05, 0) is 12.1 Å². The monoisotopic (exact) mass is 224 g/mol. The minimum Gasteiger partial charge on any atom is -0.481 e. The van der Waals surface area contributed by atoms with Crippen LogP contribution in [0.25, 0.3) is 0 Å². The van der Waals surface area contributed by atoms with Crippen molar-refractivity contribution in [2.75, 3.05) is 23.0 Å². The molecule has 1 aliphatic rings. The standard InChI is InChI=1S/C10H12N2O2S/c1-12-8-5-3-2-4-7(8)11-10(12)15-6-9(13)14/h2-5,10-11H,6H2,1H3,(H,13,14). The Balaban J connectivity index is 2.06. The summed E-state index contributed by atoms with van der Waals surface area (Å²) in [5.41, 5.74) is 2.18. The van der Waals surface area contributed by atoms with Gasteiger partial charge in [-0.1, -0.05) is 12.1 Å². The quantitative estimate of drug-likeness (QED) is 0.817. The van der Waals surface area contributed by atoms with Gasteiger partial charge in [0.15, 0.2) is 0 Å². The molecule has 1 aromatic rings. The zero-order valence-corrected chi connectivity index (χ0v) is 9.12. The second kappa shape index (κ2) is 4.02. The molecule has 15 heavy (non-hydrogen) atoms. The third-order valence-corrected chi connectivity index (χ3v) is 3.44. The molecular weight excluding hydrogens is 212 g/mol. The van der Waals surface area contributed by atoms with E-state index < -0.39 is 5.97 Å². The van der Waals surface area contributed by atoms with E-state index in [-0.39, 0.29) is 11.3 Å². The maximum absolute atomic E-state index is 10.5. The Morgan fingerprint density at radius 2 is 2.33 bits per heavy atom. The van der Waals surface area contributed by atoms with Gasteiger partial charge in [0.1, 0.15) is 5.50 Å². The molecule has 0 saturated heterocycles. The lowest BCUT2D eigenvalue weighted by Gasteiger charge is -2.20. The second-order valence-electron chi connectivity index (χ2n) is 3.33. The second-order valence-corrected chi connectivity index (χ2v) is 4.40. The van der Waals surface area contributed by atoms with Crippen molar-refractivity contribution in [2.45, 2.75) is 5.50 Å². The van der Waals surface area contributed by atoms with Crippen molar-refractivity contribution >= 4 is 29.1 Å². The number of hydrogen-bond acceptors (Lipinski definition) is 4. The van der Waals surface area contributed by atoms with Gasteiger partial charge in [0, 0.05) is 7.05 Å². The van der Waals surface area contributed by atoms with Crippen molar-refractivity contribution in [3.8, 4) is 0 Å². The number of benzene rings is 1. The Bertz CT molecular complexity index is 383. The zero-order valence-electron chi connectivity index (χ0n) is 8.30. The summed E-state index contributed by atoms with van der Waals surface area (Å²) >= 11 is 1.37. The summed E-state index contributed by atoms with van der Waals surface area (Å²) < 4.78 is 0. The highest BCUT2D eigenvalue weighted by molar-refractivity contribution is 8.00. The molecule has 1 aromatic carbocycles. The van der Waals surface area contributed by atoms with Gasteiger partial charge in [-0.15, -0.1) is 11.8 Å². The molecule has 0 aliphatic carbocycles. The van der Waals surface area contributed by atoms with E-state index in [1.54, 1.807) is 0 Å². The molecule has 0 amide bonds. The maximum atomic E-state index is 10.5. The number of carbonyl (C=O) groups is 1. The van der Waals surface area contributed by atoms with E-state index in [1.807, 2.05) is 36.2 Å². The van der Waals surface area contributed by atoms with Crippen LogP contribution >= 0.6 is 11.8 Å². The molecule has 1 heterocycles. The molecule has 0 aromatic heterocycles. The molecule has 0 saturated carbocycles. The van der Waals surface area contributed by atoms with E-state index >= 15 is 0 Å². The molecule has 80 valence electrons. The van der Waals surface area contributed by atoms with Gasteiger partial charge in [0.2, 0.25) is 0 Å². The van der Waals surface area contributed by atoms with Crippen molar-refractivity contribution in [1.29, 1.82) is 0 Å². The van der Waals surface area contributed by atoms with E-state index in [1.165, 1.54) is 11.8 Å². The molecular formula is C10H12N2O2S. The number of thioether (sulfide) groups is 1. The van der Waals surface area contributed by atoms with Crippen molar-refractivity contribution in [3.05, 3.63) is 24.3 Å². The summed E-state index contributed by atoms with van der Waals surface area (Å²) in [7, 11) is 1.96. The fraction of sp³-hybridized carbons (Fsp3) is 0.300. The number of aliphatic carboxylic acids is 1. The molecule has 4 nitrogen and oxygen atoms in total. The van der Waals surface area contributed by atoms with Crippen molar-refractivity contribution in [1.82, 2.24) is 0 Å². The van der Waals surface area contributed by atoms with Crippen LogP contribution in [0.1, 0.15) is 0 Å². The highest BCUT2D eigenvalue weighted by Gasteiger charge is 2.25. The van der Waals surface area contributed by atoms with E-state index in [2.05, 4.69) is 5.32 Å². The molecule has 1 aliphatic heterocycles. The molecule has 0 bridgehead atoms. The van der Waals surface area contributed by atoms with Crippen LogP contribution in [0.3, 0.4) is 0 Å². The van der Waals surface area contributed by atoms with Gasteiger partial charge in [0.25, 0.3) is 0 Å². The first-order chi connectivity index (χ1) is 7.18. The van der Waals surface area contributed by atoms with Crippen LogP contribution in [0.4, 0.5) is 11.4 Å². The first kappa shape index (κ1) is 10.2.